The van der Waals surface area contributed by atoms with Gasteiger partial charge in [0.05, 0.1) is 16.3 Å². The number of hydrogen-bond acceptors (Lipinski definition) is 6. The van der Waals surface area contributed by atoms with Gasteiger partial charge in [0.15, 0.2) is 0 Å². The fraction of sp³-hybridized carbons (Fsp3) is 0.0556. The van der Waals surface area contributed by atoms with Crippen molar-refractivity contribution in [3.05, 3.63) is 71.6 Å². The minimum Gasteiger partial charge on any atom is -0.322 e. The van der Waals surface area contributed by atoms with Gasteiger partial charge in [0, 0.05) is 0 Å². The molecule has 8 nitrogen and oxygen atoms in total. The van der Waals surface area contributed by atoms with E-state index in [9.17, 15) is 21.6 Å². The largest absolute Gasteiger partial charge is 0.322 e. The first-order valence-corrected chi connectivity index (χ1v) is 12.2. The maximum absolute atomic E-state index is 13.4. The van der Waals surface area contributed by atoms with E-state index in [1.54, 1.807) is 41.8 Å². The Morgan fingerprint density at radius 1 is 0.966 bits per heavy atom. The highest BCUT2D eigenvalue weighted by Gasteiger charge is 2.42. The normalized spacial score (nSPS) is 16.9. The zero-order valence-electron chi connectivity index (χ0n) is 14.7. The number of carbonyl (C=O) groups excluding carboxylic acids is 1. The summed E-state index contributed by atoms with van der Waals surface area (Å²) in [6.45, 7) is 0. The van der Waals surface area contributed by atoms with Crippen molar-refractivity contribution in [2.24, 2.45) is 5.14 Å². The zero-order valence-corrected chi connectivity index (χ0v) is 17.2. The number of thiophene rings is 1. The van der Waals surface area contributed by atoms with Crippen LogP contribution in [-0.4, -0.2) is 22.7 Å². The minimum absolute atomic E-state index is 0.0498. The van der Waals surface area contributed by atoms with Crippen LogP contribution in [0.25, 0.3) is 0 Å². The number of nitrogens with one attached hydrogen (secondary N) is 1. The Bertz CT molecular complexity index is 1290. The van der Waals surface area contributed by atoms with Crippen molar-refractivity contribution in [2.45, 2.75) is 15.1 Å². The second-order valence-electron chi connectivity index (χ2n) is 6.26. The minimum atomic E-state index is -4.10. The van der Waals surface area contributed by atoms with Crippen LogP contribution in [-0.2, 0) is 24.8 Å². The van der Waals surface area contributed by atoms with Gasteiger partial charge in [-0.3, -0.25) is 4.79 Å². The summed E-state index contributed by atoms with van der Waals surface area (Å²) in [6.07, 6.45) is 0. The lowest BCUT2D eigenvalue weighted by molar-refractivity contribution is -0.117. The molecule has 1 aliphatic heterocycles. The van der Waals surface area contributed by atoms with E-state index >= 15 is 0 Å². The number of carbonyl (C=O) groups is 1. The summed E-state index contributed by atoms with van der Waals surface area (Å²) < 4.78 is 51.3. The van der Waals surface area contributed by atoms with Gasteiger partial charge in [0.1, 0.15) is 10.3 Å². The molecule has 0 aliphatic carbocycles. The molecule has 1 amide bonds. The van der Waals surface area contributed by atoms with Gasteiger partial charge in [0.2, 0.25) is 10.0 Å². The predicted octanol–water partition coefficient (Wildman–Crippen LogP) is 2.28. The Hall–Kier alpha value is -2.73. The number of benzene rings is 2. The van der Waals surface area contributed by atoms with Crippen LogP contribution < -0.4 is 14.8 Å². The fourth-order valence-corrected chi connectivity index (χ4v) is 6.37. The molecule has 0 saturated carbocycles. The molecular formula is C18H15N3O5S3. The maximum Gasteiger partial charge on any atom is 0.274 e. The van der Waals surface area contributed by atoms with Crippen LogP contribution in [0.5, 0.6) is 0 Å². The number of nitrogens with zero attached hydrogens (tertiary/aromatic N) is 1. The van der Waals surface area contributed by atoms with E-state index in [0.29, 0.717) is 5.56 Å². The summed E-state index contributed by atoms with van der Waals surface area (Å²) in [7, 11) is -8.13. The van der Waals surface area contributed by atoms with Gasteiger partial charge in [0.25, 0.3) is 15.9 Å². The van der Waals surface area contributed by atoms with Gasteiger partial charge in [-0.2, -0.15) is 0 Å². The molecule has 4 rings (SSSR count). The summed E-state index contributed by atoms with van der Waals surface area (Å²) in [5, 5.41) is 9.40. The van der Waals surface area contributed by atoms with Gasteiger partial charge in [-0.15, -0.1) is 11.3 Å². The summed E-state index contributed by atoms with van der Waals surface area (Å²) in [4.78, 5) is 12.7. The van der Waals surface area contributed by atoms with Crippen molar-refractivity contribution < 1.29 is 21.6 Å². The van der Waals surface area contributed by atoms with E-state index in [0.717, 1.165) is 21.7 Å². The smallest absolute Gasteiger partial charge is 0.274 e. The van der Waals surface area contributed by atoms with Crippen molar-refractivity contribution >= 4 is 48.7 Å². The number of hydrogen-bond donors (Lipinski definition) is 2. The molecule has 150 valence electrons. The molecular weight excluding hydrogens is 434 g/mol. The SMILES string of the molecule is NS(=O)(=O)c1ccc2c(c1)NC(=O)C(c1ccccc1)N2S(=O)(=O)c1cccs1. The third kappa shape index (κ3) is 3.42. The van der Waals surface area contributed by atoms with Crippen molar-refractivity contribution in [3.63, 3.8) is 0 Å². The van der Waals surface area contributed by atoms with E-state index < -0.39 is 32.0 Å². The number of amides is 1. The van der Waals surface area contributed by atoms with E-state index in [1.807, 2.05) is 0 Å². The molecule has 0 bridgehead atoms. The Morgan fingerprint density at radius 2 is 1.69 bits per heavy atom. The van der Waals surface area contributed by atoms with Gasteiger partial charge >= 0.3 is 0 Å². The highest BCUT2D eigenvalue weighted by molar-refractivity contribution is 7.94. The van der Waals surface area contributed by atoms with Gasteiger partial charge < -0.3 is 5.32 Å². The highest BCUT2D eigenvalue weighted by atomic mass is 32.2. The molecule has 3 N–H and O–H groups in total. The molecule has 0 fully saturated rings. The summed E-state index contributed by atoms with van der Waals surface area (Å²) >= 11 is 1.03. The van der Waals surface area contributed by atoms with Crippen molar-refractivity contribution in [3.8, 4) is 0 Å². The number of sulfonamides is 2. The van der Waals surface area contributed by atoms with Crippen LogP contribution in [0.1, 0.15) is 11.6 Å². The molecule has 1 atom stereocenters. The monoisotopic (exact) mass is 449 g/mol. The van der Waals surface area contributed by atoms with Crippen LogP contribution in [0.3, 0.4) is 0 Å². The van der Waals surface area contributed by atoms with Crippen molar-refractivity contribution in [1.82, 2.24) is 0 Å². The Morgan fingerprint density at radius 3 is 2.31 bits per heavy atom. The lowest BCUT2D eigenvalue weighted by Gasteiger charge is -2.37. The number of nitrogens with two attached hydrogens (primary N) is 1. The average molecular weight is 450 g/mol. The number of rotatable bonds is 4. The first kappa shape index (κ1) is 19.6. The second kappa shape index (κ2) is 6.95. The van der Waals surface area contributed by atoms with Crippen LogP contribution in [0.15, 0.2) is 75.1 Å². The zero-order chi connectivity index (χ0) is 20.8. The quantitative estimate of drug-likeness (QED) is 0.632. The summed E-state index contributed by atoms with van der Waals surface area (Å²) in [5.41, 5.74) is 0.680. The van der Waals surface area contributed by atoms with Gasteiger partial charge in [-0.1, -0.05) is 36.4 Å². The van der Waals surface area contributed by atoms with Crippen LogP contribution in [0, 0.1) is 0 Å². The maximum atomic E-state index is 13.4. The van der Waals surface area contributed by atoms with E-state index in [-0.39, 0.29) is 20.5 Å². The van der Waals surface area contributed by atoms with Crippen LogP contribution in [0.2, 0.25) is 0 Å². The van der Waals surface area contributed by atoms with Crippen LogP contribution >= 0.6 is 11.3 Å². The number of fused-ring (bicyclic) bond motifs is 1. The van der Waals surface area contributed by atoms with E-state index in [1.165, 1.54) is 18.2 Å². The Balaban J connectivity index is 1.97. The second-order valence-corrected chi connectivity index (χ2v) is 10.8. The van der Waals surface area contributed by atoms with Crippen molar-refractivity contribution in [1.29, 1.82) is 0 Å². The molecule has 1 aromatic heterocycles. The lowest BCUT2D eigenvalue weighted by atomic mass is 10.0. The Kier molecular flexibility index (Phi) is 4.69. The highest BCUT2D eigenvalue weighted by Crippen LogP contribution is 2.43. The molecule has 1 unspecified atom stereocenters. The standard InChI is InChI=1S/C18H15N3O5S3/c19-28(23,24)13-8-9-15-14(11-13)20-18(22)17(12-5-2-1-3-6-12)21(15)29(25,26)16-7-4-10-27-16/h1-11,17H,(H,20,22)(H2,19,23,24). The molecule has 2 aromatic carbocycles. The fourth-order valence-electron chi connectivity index (χ4n) is 3.13. The lowest BCUT2D eigenvalue weighted by Crippen LogP contribution is -2.45. The molecule has 0 saturated heterocycles. The van der Waals surface area contributed by atoms with Gasteiger partial charge in [-0.05, 0) is 35.2 Å². The molecule has 29 heavy (non-hydrogen) atoms. The van der Waals surface area contributed by atoms with Crippen molar-refractivity contribution in [2.75, 3.05) is 9.62 Å². The first-order chi connectivity index (χ1) is 13.7. The predicted molar refractivity (Wildman–Crippen MR) is 110 cm³/mol. The molecule has 1 aliphatic rings. The molecule has 11 heteroatoms. The van der Waals surface area contributed by atoms with Gasteiger partial charge in [-0.25, -0.2) is 26.3 Å². The molecule has 2 heterocycles. The molecule has 0 radical (unpaired) electrons. The third-order valence-electron chi connectivity index (χ3n) is 4.40. The average Bonchev–Trinajstić information content (AvgIpc) is 3.22. The first-order valence-electron chi connectivity index (χ1n) is 8.30. The van der Waals surface area contributed by atoms with E-state index in [4.69, 9.17) is 5.14 Å². The summed E-state index contributed by atoms with van der Waals surface area (Å²) in [6, 6.07) is 14.1. The molecule has 3 aromatic rings. The Labute approximate surface area is 171 Å². The van der Waals surface area contributed by atoms with Crippen LogP contribution in [0.4, 0.5) is 11.4 Å². The summed E-state index contributed by atoms with van der Waals surface area (Å²) in [5.74, 6) is -0.601. The number of primary sulfonamides is 1. The molecule has 0 spiro atoms. The third-order valence-corrected chi connectivity index (χ3v) is 8.46. The number of anilines is 2. The topological polar surface area (TPSA) is 127 Å². The van der Waals surface area contributed by atoms with E-state index in [2.05, 4.69) is 5.32 Å².